The summed E-state index contributed by atoms with van der Waals surface area (Å²) in [5.74, 6) is -1.11. The maximum absolute atomic E-state index is 11.8. The first-order valence-corrected chi connectivity index (χ1v) is 5.98. The van der Waals surface area contributed by atoms with Gasteiger partial charge in [0.2, 0.25) is 5.91 Å². The Labute approximate surface area is 100 Å². The second-order valence-electron chi connectivity index (χ2n) is 5.05. The fourth-order valence-electron chi connectivity index (χ4n) is 2.38. The van der Waals surface area contributed by atoms with Crippen molar-refractivity contribution in [3.05, 3.63) is 12.2 Å². The summed E-state index contributed by atoms with van der Waals surface area (Å²) in [7, 11) is 0. The minimum Gasteiger partial charge on any atom is -0.481 e. The molecular weight excluding hydrogens is 220 g/mol. The van der Waals surface area contributed by atoms with Crippen LogP contribution in [0.3, 0.4) is 0 Å². The van der Waals surface area contributed by atoms with Crippen molar-refractivity contribution >= 4 is 11.9 Å². The van der Waals surface area contributed by atoms with E-state index in [1.54, 1.807) is 6.08 Å². The fraction of sp³-hybridized carbons (Fsp3) is 0.667. The molecule has 0 radical (unpaired) electrons. The Balaban J connectivity index is 1.84. The molecule has 2 aliphatic carbocycles. The van der Waals surface area contributed by atoms with Crippen molar-refractivity contribution in [2.24, 2.45) is 17.1 Å². The van der Waals surface area contributed by atoms with Gasteiger partial charge in [-0.05, 0) is 19.3 Å². The standard InChI is InChI=1S/C12H18N2O3/c13-9-3-2-8(6-9)10(15)14-7-12(11(16)17)4-1-5-12/h2-3,8-9H,1,4-7,13H2,(H,14,15)(H,16,17). The van der Waals surface area contributed by atoms with Crippen LogP contribution in [0, 0.1) is 11.3 Å². The van der Waals surface area contributed by atoms with Gasteiger partial charge in [0, 0.05) is 12.6 Å². The highest BCUT2D eigenvalue weighted by atomic mass is 16.4. The van der Waals surface area contributed by atoms with Gasteiger partial charge < -0.3 is 16.2 Å². The van der Waals surface area contributed by atoms with Crippen molar-refractivity contribution in [1.82, 2.24) is 5.32 Å². The minimum atomic E-state index is -0.803. The molecule has 0 saturated heterocycles. The first-order chi connectivity index (χ1) is 8.03. The Morgan fingerprint density at radius 1 is 1.41 bits per heavy atom. The van der Waals surface area contributed by atoms with Gasteiger partial charge in [-0.15, -0.1) is 0 Å². The molecular formula is C12H18N2O3. The zero-order valence-corrected chi connectivity index (χ0v) is 9.69. The average Bonchev–Trinajstić information content (AvgIpc) is 2.62. The lowest BCUT2D eigenvalue weighted by atomic mass is 9.68. The summed E-state index contributed by atoms with van der Waals surface area (Å²) < 4.78 is 0. The number of carboxylic acids is 1. The number of hydrogen-bond donors (Lipinski definition) is 3. The minimum absolute atomic E-state index is 0.0529. The SMILES string of the molecule is NC1C=CC(C(=O)NCC2(C(=O)O)CCC2)C1. The molecule has 0 heterocycles. The topological polar surface area (TPSA) is 92.4 Å². The second kappa shape index (κ2) is 4.49. The maximum Gasteiger partial charge on any atom is 0.311 e. The van der Waals surface area contributed by atoms with Crippen LogP contribution in [0.2, 0.25) is 0 Å². The second-order valence-corrected chi connectivity index (χ2v) is 5.05. The van der Waals surface area contributed by atoms with Crippen LogP contribution < -0.4 is 11.1 Å². The maximum atomic E-state index is 11.8. The third-order valence-corrected chi connectivity index (χ3v) is 3.82. The number of amides is 1. The predicted octanol–water partition coefficient (Wildman–Crippen LogP) is 0.261. The van der Waals surface area contributed by atoms with E-state index in [9.17, 15) is 9.59 Å². The van der Waals surface area contributed by atoms with Crippen LogP contribution in [0.15, 0.2) is 12.2 Å². The van der Waals surface area contributed by atoms with Gasteiger partial charge in [-0.3, -0.25) is 9.59 Å². The molecule has 1 saturated carbocycles. The number of hydrogen-bond acceptors (Lipinski definition) is 3. The normalized spacial score (nSPS) is 29.7. The van der Waals surface area contributed by atoms with Crippen molar-refractivity contribution in [3.8, 4) is 0 Å². The van der Waals surface area contributed by atoms with Crippen LogP contribution in [-0.2, 0) is 9.59 Å². The van der Waals surface area contributed by atoms with Gasteiger partial charge in [0.25, 0.3) is 0 Å². The summed E-state index contributed by atoms with van der Waals surface area (Å²) in [6.07, 6.45) is 6.47. The summed E-state index contributed by atoms with van der Waals surface area (Å²) in [5, 5.41) is 11.9. The molecule has 2 aliphatic rings. The molecule has 5 nitrogen and oxygen atoms in total. The van der Waals surface area contributed by atoms with E-state index in [-0.39, 0.29) is 24.4 Å². The van der Waals surface area contributed by atoms with Crippen molar-refractivity contribution in [3.63, 3.8) is 0 Å². The highest BCUT2D eigenvalue weighted by molar-refractivity contribution is 5.82. The molecule has 17 heavy (non-hydrogen) atoms. The van der Waals surface area contributed by atoms with Crippen LogP contribution in [0.4, 0.5) is 0 Å². The molecule has 0 aromatic carbocycles. The van der Waals surface area contributed by atoms with Crippen LogP contribution in [0.5, 0.6) is 0 Å². The lowest BCUT2D eigenvalue weighted by molar-refractivity contribution is -0.154. The highest BCUT2D eigenvalue weighted by Gasteiger charge is 2.44. The largest absolute Gasteiger partial charge is 0.481 e. The van der Waals surface area contributed by atoms with Crippen LogP contribution >= 0.6 is 0 Å². The highest BCUT2D eigenvalue weighted by Crippen LogP contribution is 2.40. The molecule has 0 bridgehead atoms. The summed E-state index contributed by atoms with van der Waals surface area (Å²) >= 11 is 0. The first-order valence-electron chi connectivity index (χ1n) is 5.98. The predicted molar refractivity (Wildman–Crippen MR) is 62.2 cm³/mol. The lowest BCUT2D eigenvalue weighted by Crippen LogP contribution is -2.48. The Morgan fingerprint density at radius 2 is 2.12 bits per heavy atom. The number of carboxylic acid groups (broad SMARTS) is 1. The summed E-state index contributed by atoms with van der Waals surface area (Å²) in [6.45, 7) is 0.237. The van der Waals surface area contributed by atoms with Gasteiger partial charge in [-0.1, -0.05) is 18.6 Å². The van der Waals surface area contributed by atoms with E-state index in [4.69, 9.17) is 10.8 Å². The number of carbonyl (C=O) groups is 2. The zero-order chi connectivity index (χ0) is 12.5. The molecule has 94 valence electrons. The van der Waals surface area contributed by atoms with Crippen LogP contribution in [-0.4, -0.2) is 29.6 Å². The molecule has 0 aromatic rings. The van der Waals surface area contributed by atoms with Crippen LogP contribution in [0.1, 0.15) is 25.7 Å². The number of carbonyl (C=O) groups excluding carboxylic acids is 1. The molecule has 1 amide bonds. The Bertz CT molecular complexity index is 361. The van der Waals surface area contributed by atoms with Crippen molar-refractivity contribution in [2.75, 3.05) is 6.54 Å². The van der Waals surface area contributed by atoms with Crippen molar-refractivity contribution in [2.45, 2.75) is 31.7 Å². The van der Waals surface area contributed by atoms with Gasteiger partial charge in [0.1, 0.15) is 0 Å². The summed E-state index contributed by atoms with van der Waals surface area (Å²) in [5.41, 5.74) is 4.95. The Hall–Kier alpha value is -1.36. The van der Waals surface area contributed by atoms with E-state index in [0.29, 0.717) is 19.3 Å². The van der Waals surface area contributed by atoms with E-state index in [0.717, 1.165) is 6.42 Å². The van der Waals surface area contributed by atoms with Crippen molar-refractivity contribution in [1.29, 1.82) is 0 Å². The van der Waals surface area contributed by atoms with Gasteiger partial charge in [-0.25, -0.2) is 0 Å². The molecule has 0 spiro atoms. The zero-order valence-electron chi connectivity index (χ0n) is 9.69. The van der Waals surface area contributed by atoms with E-state index in [1.807, 2.05) is 6.08 Å². The Morgan fingerprint density at radius 3 is 2.53 bits per heavy atom. The molecule has 0 aliphatic heterocycles. The van der Waals surface area contributed by atoms with E-state index < -0.39 is 11.4 Å². The Kier molecular flexibility index (Phi) is 3.19. The van der Waals surface area contributed by atoms with Gasteiger partial charge in [0.15, 0.2) is 0 Å². The van der Waals surface area contributed by atoms with Gasteiger partial charge >= 0.3 is 5.97 Å². The summed E-state index contributed by atoms with van der Waals surface area (Å²) in [6, 6.07) is -0.0529. The van der Waals surface area contributed by atoms with E-state index >= 15 is 0 Å². The molecule has 2 unspecified atom stereocenters. The number of nitrogens with two attached hydrogens (primary N) is 1. The molecule has 2 atom stereocenters. The van der Waals surface area contributed by atoms with E-state index in [1.165, 1.54) is 0 Å². The van der Waals surface area contributed by atoms with Crippen molar-refractivity contribution < 1.29 is 14.7 Å². The molecule has 2 rings (SSSR count). The fourth-order valence-corrected chi connectivity index (χ4v) is 2.38. The third kappa shape index (κ3) is 2.34. The van der Waals surface area contributed by atoms with E-state index in [2.05, 4.69) is 5.32 Å². The van der Waals surface area contributed by atoms with Gasteiger partial charge in [-0.2, -0.15) is 0 Å². The summed E-state index contributed by atoms with van der Waals surface area (Å²) in [4.78, 5) is 22.9. The first kappa shape index (κ1) is 12.1. The molecule has 4 N–H and O–H groups in total. The van der Waals surface area contributed by atoms with Gasteiger partial charge in [0.05, 0.1) is 11.3 Å². The lowest BCUT2D eigenvalue weighted by Gasteiger charge is -2.37. The number of nitrogens with one attached hydrogen (secondary N) is 1. The molecule has 1 fully saturated rings. The molecule has 5 heteroatoms. The number of rotatable bonds is 4. The van der Waals surface area contributed by atoms with Crippen LogP contribution in [0.25, 0.3) is 0 Å². The quantitative estimate of drug-likeness (QED) is 0.612. The third-order valence-electron chi connectivity index (χ3n) is 3.82. The molecule has 0 aromatic heterocycles. The average molecular weight is 238 g/mol. The smallest absolute Gasteiger partial charge is 0.311 e. The monoisotopic (exact) mass is 238 g/mol. The number of aliphatic carboxylic acids is 1.